The third-order valence-corrected chi connectivity index (χ3v) is 2.84. The molecule has 0 atom stereocenters. The number of hydrogen-bond donors (Lipinski definition) is 1. The lowest BCUT2D eigenvalue weighted by atomic mass is 10.2. The molecule has 0 saturated carbocycles. The molecular weight excluding hydrogens is 244 g/mol. The second kappa shape index (κ2) is 4.49. The first kappa shape index (κ1) is 11.3. The van der Waals surface area contributed by atoms with Gasteiger partial charge in [-0.2, -0.15) is 0 Å². The summed E-state index contributed by atoms with van der Waals surface area (Å²) in [5, 5.41) is 9.23. The van der Waals surface area contributed by atoms with Crippen molar-refractivity contribution in [3.05, 3.63) is 54.4 Å². The highest BCUT2D eigenvalue weighted by atomic mass is 16.4. The molecule has 6 heteroatoms. The Morgan fingerprint density at radius 1 is 1.26 bits per heavy atom. The van der Waals surface area contributed by atoms with Crippen LogP contribution in [-0.2, 0) is 6.54 Å². The highest BCUT2D eigenvalue weighted by molar-refractivity contribution is 6.01. The third kappa shape index (κ3) is 2.03. The predicted molar refractivity (Wildman–Crippen MR) is 67.8 cm³/mol. The monoisotopic (exact) mass is 254 g/mol. The van der Waals surface area contributed by atoms with Gasteiger partial charge in [-0.05, 0) is 18.2 Å². The van der Waals surface area contributed by atoms with Crippen LogP contribution < -0.4 is 0 Å². The number of aromatic carboxylic acids is 1. The van der Waals surface area contributed by atoms with Gasteiger partial charge in [-0.25, -0.2) is 19.7 Å². The molecule has 0 aliphatic carbocycles. The summed E-state index contributed by atoms with van der Waals surface area (Å²) in [7, 11) is 0. The summed E-state index contributed by atoms with van der Waals surface area (Å²) in [6, 6.07) is 6.84. The van der Waals surface area contributed by atoms with Gasteiger partial charge in [-0.1, -0.05) is 6.07 Å². The maximum absolute atomic E-state index is 11.3. The summed E-state index contributed by atoms with van der Waals surface area (Å²) in [6.07, 6.45) is 4.74. The Hall–Kier alpha value is -2.76. The minimum Gasteiger partial charge on any atom is -0.478 e. The van der Waals surface area contributed by atoms with Gasteiger partial charge in [0.2, 0.25) is 0 Å². The second-order valence-corrected chi connectivity index (χ2v) is 4.05. The lowest BCUT2D eigenvalue weighted by Crippen LogP contribution is -2.05. The average molecular weight is 254 g/mol. The van der Waals surface area contributed by atoms with E-state index in [1.165, 1.54) is 6.33 Å². The summed E-state index contributed by atoms with van der Waals surface area (Å²) >= 11 is 0. The molecule has 2 heterocycles. The van der Waals surface area contributed by atoms with Crippen LogP contribution in [0, 0.1) is 0 Å². The predicted octanol–water partition coefficient (Wildman–Crippen LogP) is 1.57. The second-order valence-electron chi connectivity index (χ2n) is 4.05. The first-order valence-corrected chi connectivity index (χ1v) is 5.68. The molecular formula is C13H10N4O2. The van der Waals surface area contributed by atoms with Crippen LogP contribution in [0.25, 0.3) is 11.0 Å². The molecule has 0 amide bonds. The van der Waals surface area contributed by atoms with E-state index in [2.05, 4.69) is 15.0 Å². The minimum atomic E-state index is -0.963. The van der Waals surface area contributed by atoms with Crippen LogP contribution >= 0.6 is 0 Å². The van der Waals surface area contributed by atoms with Crippen LogP contribution in [0.5, 0.6) is 0 Å². The zero-order valence-electron chi connectivity index (χ0n) is 9.89. The Morgan fingerprint density at radius 3 is 2.89 bits per heavy atom. The first-order valence-electron chi connectivity index (χ1n) is 5.68. The Bertz CT molecular complexity index is 737. The molecule has 0 bridgehead atoms. The number of rotatable bonds is 3. The average Bonchev–Trinajstić information content (AvgIpc) is 2.83. The number of benzene rings is 1. The molecule has 0 aliphatic heterocycles. The van der Waals surface area contributed by atoms with E-state index in [-0.39, 0.29) is 5.56 Å². The topological polar surface area (TPSA) is 80.9 Å². The van der Waals surface area contributed by atoms with E-state index < -0.39 is 5.97 Å². The Balaban J connectivity index is 2.12. The zero-order valence-corrected chi connectivity index (χ0v) is 9.89. The first-order chi connectivity index (χ1) is 9.25. The number of carbonyl (C=O) groups is 1. The van der Waals surface area contributed by atoms with E-state index in [4.69, 9.17) is 0 Å². The van der Waals surface area contributed by atoms with Crippen LogP contribution in [0.2, 0.25) is 0 Å². The van der Waals surface area contributed by atoms with Gasteiger partial charge >= 0.3 is 5.97 Å². The van der Waals surface area contributed by atoms with E-state index >= 15 is 0 Å². The van der Waals surface area contributed by atoms with Gasteiger partial charge in [0.15, 0.2) is 0 Å². The number of carboxylic acid groups (broad SMARTS) is 1. The van der Waals surface area contributed by atoms with Gasteiger partial charge < -0.3 is 9.67 Å². The van der Waals surface area contributed by atoms with Crippen molar-refractivity contribution in [3.63, 3.8) is 0 Å². The lowest BCUT2D eigenvalue weighted by Gasteiger charge is -2.05. The number of aromatic nitrogens is 4. The Morgan fingerprint density at radius 2 is 2.16 bits per heavy atom. The van der Waals surface area contributed by atoms with Crippen LogP contribution in [0.15, 0.2) is 43.1 Å². The van der Waals surface area contributed by atoms with Crippen LogP contribution in [-0.4, -0.2) is 30.6 Å². The standard InChI is InChI=1S/C13H10N4O2/c18-13(19)10-2-1-3-11-12(10)17(8-16-11)6-9-4-5-14-7-15-9/h1-5,7-8H,6H2,(H,18,19). The number of para-hydroxylation sites is 1. The molecule has 0 aliphatic rings. The highest BCUT2D eigenvalue weighted by Gasteiger charge is 2.13. The fourth-order valence-electron chi connectivity index (χ4n) is 2.01. The van der Waals surface area contributed by atoms with Gasteiger partial charge in [0.1, 0.15) is 6.33 Å². The van der Waals surface area contributed by atoms with Crippen LogP contribution in [0.1, 0.15) is 16.1 Å². The lowest BCUT2D eigenvalue weighted by molar-refractivity contribution is 0.0698. The number of imidazole rings is 1. The third-order valence-electron chi connectivity index (χ3n) is 2.84. The van der Waals surface area contributed by atoms with Crippen molar-refractivity contribution in [2.24, 2.45) is 0 Å². The number of fused-ring (bicyclic) bond motifs is 1. The maximum atomic E-state index is 11.3. The highest BCUT2D eigenvalue weighted by Crippen LogP contribution is 2.18. The van der Waals surface area contributed by atoms with Crippen LogP contribution in [0.4, 0.5) is 0 Å². The minimum absolute atomic E-state index is 0.240. The molecule has 3 rings (SSSR count). The van der Waals surface area contributed by atoms with E-state index in [1.54, 1.807) is 41.4 Å². The molecule has 1 N–H and O–H groups in total. The molecule has 1 aromatic carbocycles. The van der Waals surface area contributed by atoms with Gasteiger partial charge in [0, 0.05) is 6.20 Å². The van der Waals surface area contributed by atoms with E-state index in [9.17, 15) is 9.90 Å². The van der Waals surface area contributed by atoms with Crippen molar-refractivity contribution >= 4 is 17.0 Å². The van der Waals surface area contributed by atoms with E-state index in [0.717, 1.165) is 5.69 Å². The van der Waals surface area contributed by atoms with Gasteiger partial charge in [0.25, 0.3) is 0 Å². The van der Waals surface area contributed by atoms with Crippen molar-refractivity contribution in [1.82, 2.24) is 19.5 Å². The number of nitrogens with zero attached hydrogens (tertiary/aromatic N) is 4. The van der Waals surface area contributed by atoms with Crippen molar-refractivity contribution in [2.75, 3.05) is 0 Å². The summed E-state index contributed by atoms with van der Waals surface area (Å²) in [5.41, 5.74) is 2.31. The van der Waals surface area contributed by atoms with Gasteiger partial charge in [0.05, 0.1) is 35.2 Å². The van der Waals surface area contributed by atoms with Crippen molar-refractivity contribution in [1.29, 1.82) is 0 Å². The quantitative estimate of drug-likeness (QED) is 0.767. The van der Waals surface area contributed by atoms with Crippen LogP contribution in [0.3, 0.4) is 0 Å². The van der Waals surface area contributed by atoms with Gasteiger partial charge in [-0.15, -0.1) is 0 Å². The number of hydrogen-bond acceptors (Lipinski definition) is 4. The molecule has 0 saturated heterocycles. The Labute approximate surface area is 108 Å². The molecule has 0 spiro atoms. The summed E-state index contributed by atoms with van der Waals surface area (Å²) < 4.78 is 1.78. The summed E-state index contributed by atoms with van der Waals surface area (Å²) in [4.78, 5) is 23.4. The maximum Gasteiger partial charge on any atom is 0.337 e. The SMILES string of the molecule is O=C(O)c1cccc2ncn(Cc3ccncn3)c12. The number of carboxylic acids is 1. The van der Waals surface area contributed by atoms with E-state index in [0.29, 0.717) is 17.6 Å². The van der Waals surface area contributed by atoms with Crippen molar-refractivity contribution in [3.8, 4) is 0 Å². The molecule has 19 heavy (non-hydrogen) atoms. The molecule has 3 aromatic rings. The molecule has 0 radical (unpaired) electrons. The molecule has 2 aromatic heterocycles. The molecule has 0 unspecified atom stereocenters. The van der Waals surface area contributed by atoms with Gasteiger partial charge in [-0.3, -0.25) is 0 Å². The normalized spacial score (nSPS) is 10.7. The van der Waals surface area contributed by atoms with Crippen molar-refractivity contribution in [2.45, 2.75) is 6.54 Å². The smallest absolute Gasteiger partial charge is 0.337 e. The summed E-state index contributed by atoms with van der Waals surface area (Å²) in [6.45, 7) is 0.462. The zero-order chi connectivity index (χ0) is 13.2. The molecule has 6 nitrogen and oxygen atoms in total. The molecule has 94 valence electrons. The largest absolute Gasteiger partial charge is 0.478 e. The Kier molecular flexibility index (Phi) is 2.68. The summed E-state index contributed by atoms with van der Waals surface area (Å²) in [5.74, 6) is -0.963. The van der Waals surface area contributed by atoms with Crippen molar-refractivity contribution < 1.29 is 9.90 Å². The fourth-order valence-corrected chi connectivity index (χ4v) is 2.01. The molecule has 0 fully saturated rings. The fraction of sp³-hybridized carbons (Fsp3) is 0.0769. The van der Waals surface area contributed by atoms with E-state index in [1.807, 2.05) is 0 Å².